The highest BCUT2D eigenvalue weighted by atomic mass is 32.1. The van der Waals surface area contributed by atoms with Crippen LogP contribution >= 0.6 is 11.3 Å². The molecule has 2 rings (SSSR count). The van der Waals surface area contributed by atoms with E-state index in [0.717, 1.165) is 6.42 Å². The van der Waals surface area contributed by atoms with Crippen molar-refractivity contribution in [1.29, 1.82) is 0 Å². The zero-order chi connectivity index (χ0) is 12.8. The number of allylic oxidation sites excluding steroid dienone is 4. The number of rotatable bonds is 3. The minimum atomic E-state index is 1.12. The number of hydrogen-bond acceptors (Lipinski definition) is 1. The normalized spacial score (nSPS) is 14.6. The highest BCUT2D eigenvalue weighted by molar-refractivity contribution is 7.12. The monoisotopic (exact) mass is 256 g/mol. The summed E-state index contributed by atoms with van der Waals surface area (Å²) in [6.07, 6.45) is 10.7. The third-order valence-corrected chi connectivity index (χ3v) is 4.09. The first-order valence-corrected chi connectivity index (χ1v) is 7.56. The van der Waals surface area contributed by atoms with Crippen molar-refractivity contribution in [3.8, 4) is 11.8 Å². The SMILES string of the molecule is CCCCC1=CC=C(C#Cc2ccc(C)s2)CC1. The van der Waals surface area contributed by atoms with Crippen LogP contribution in [-0.4, -0.2) is 0 Å². The first-order valence-electron chi connectivity index (χ1n) is 6.75. The van der Waals surface area contributed by atoms with E-state index >= 15 is 0 Å². The zero-order valence-electron chi connectivity index (χ0n) is 11.3. The van der Waals surface area contributed by atoms with Crippen LogP contribution in [0.5, 0.6) is 0 Å². The third kappa shape index (κ3) is 3.89. The summed E-state index contributed by atoms with van der Waals surface area (Å²) < 4.78 is 0. The average molecular weight is 256 g/mol. The molecular weight excluding hydrogens is 236 g/mol. The summed E-state index contributed by atoms with van der Waals surface area (Å²) in [6.45, 7) is 4.37. The molecule has 0 N–H and O–H groups in total. The maximum atomic E-state index is 3.30. The van der Waals surface area contributed by atoms with Crippen LogP contribution in [0.1, 0.15) is 48.8 Å². The zero-order valence-corrected chi connectivity index (χ0v) is 12.1. The summed E-state index contributed by atoms with van der Waals surface area (Å²) in [5.41, 5.74) is 2.87. The van der Waals surface area contributed by atoms with E-state index in [-0.39, 0.29) is 0 Å². The van der Waals surface area contributed by atoms with Gasteiger partial charge in [0.25, 0.3) is 0 Å². The number of aryl methyl sites for hydroxylation is 1. The van der Waals surface area contributed by atoms with Gasteiger partial charge in [-0.15, -0.1) is 11.3 Å². The minimum absolute atomic E-state index is 1.12. The van der Waals surface area contributed by atoms with Crippen molar-refractivity contribution < 1.29 is 0 Å². The molecule has 1 aliphatic rings. The minimum Gasteiger partial charge on any atom is -0.132 e. The molecule has 1 heteroatoms. The van der Waals surface area contributed by atoms with Crippen molar-refractivity contribution in [3.63, 3.8) is 0 Å². The Hall–Kier alpha value is -1.26. The van der Waals surface area contributed by atoms with Crippen molar-refractivity contribution in [2.24, 2.45) is 0 Å². The lowest BCUT2D eigenvalue weighted by Crippen LogP contribution is -1.92. The molecule has 0 fully saturated rings. The van der Waals surface area contributed by atoms with Crippen LogP contribution in [0, 0.1) is 18.8 Å². The second kappa shape index (κ2) is 6.61. The topological polar surface area (TPSA) is 0 Å². The van der Waals surface area contributed by atoms with Crippen molar-refractivity contribution in [2.45, 2.75) is 46.0 Å². The van der Waals surface area contributed by atoms with E-state index in [1.54, 1.807) is 16.9 Å². The fraction of sp³-hybridized carbons (Fsp3) is 0.412. The van der Waals surface area contributed by atoms with Crippen LogP contribution < -0.4 is 0 Å². The van der Waals surface area contributed by atoms with Crippen LogP contribution in [0.4, 0.5) is 0 Å². The van der Waals surface area contributed by atoms with E-state index in [4.69, 9.17) is 0 Å². The molecule has 1 heterocycles. The number of unbranched alkanes of at least 4 members (excludes halogenated alkanes) is 1. The summed E-state index contributed by atoms with van der Waals surface area (Å²) in [5, 5.41) is 0. The highest BCUT2D eigenvalue weighted by Gasteiger charge is 2.04. The van der Waals surface area contributed by atoms with E-state index < -0.39 is 0 Å². The molecule has 0 amide bonds. The molecule has 0 saturated heterocycles. The molecule has 1 aromatic rings. The van der Waals surface area contributed by atoms with E-state index in [2.05, 4.69) is 50.0 Å². The average Bonchev–Trinajstić information content (AvgIpc) is 2.81. The molecule has 0 saturated carbocycles. The van der Waals surface area contributed by atoms with Crippen LogP contribution in [0.15, 0.2) is 35.4 Å². The summed E-state index contributed by atoms with van der Waals surface area (Å²) in [4.78, 5) is 2.51. The Morgan fingerprint density at radius 3 is 2.67 bits per heavy atom. The van der Waals surface area contributed by atoms with Gasteiger partial charge in [0.15, 0.2) is 0 Å². The first-order chi connectivity index (χ1) is 8.78. The smallest absolute Gasteiger partial charge is 0.0774 e. The lowest BCUT2D eigenvalue weighted by atomic mass is 9.95. The van der Waals surface area contributed by atoms with E-state index in [9.17, 15) is 0 Å². The number of thiophene rings is 1. The van der Waals surface area contributed by atoms with Crippen molar-refractivity contribution >= 4 is 11.3 Å². The second-order valence-electron chi connectivity index (χ2n) is 4.78. The van der Waals surface area contributed by atoms with Gasteiger partial charge in [-0.05, 0) is 44.7 Å². The van der Waals surface area contributed by atoms with Crippen molar-refractivity contribution in [3.05, 3.63) is 45.2 Å². The van der Waals surface area contributed by atoms with Crippen LogP contribution in [0.2, 0.25) is 0 Å². The molecule has 0 spiro atoms. The molecule has 1 aliphatic carbocycles. The first kappa shape index (κ1) is 13.2. The summed E-state index contributed by atoms with van der Waals surface area (Å²) in [7, 11) is 0. The highest BCUT2D eigenvalue weighted by Crippen LogP contribution is 2.22. The Balaban J connectivity index is 1.98. The predicted octanol–water partition coefficient (Wildman–Crippen LogP) is 5.24. The fourth-order valence-corrected chi connectivity index (χ4v) is 2.76. The lowest BCUT2D eigenvalue weighted by Gasteiger charge is -2.10. The quantitative estimate of drug-likeness (QED) is 0.648. The van der Waals surface area contributed by atoms with E-state index in [1.165, 1.54) is 41.0 Å². The Morgan fingerprint density at radius 1 is 1.17 bits per heavy atom. The van der Waals surface area contributed by atoms with Gasteiger partial charge in [-0.25, -0.2) is 0 Å². The van der Waals surface area contributed by atoms with E-state index in [1.807, 2.05) is 0 Å². The molecule has 0 radical (unpaired) electrons. The summed E-state index contributed by atoms with van der Waals surface area (Å²) in [6, 6.07) is 4.24. The molecule has 0 unspecified atom stereocenters. The van der Waals surface area contributed by atoms with Gasteiger partial charge in [0.1, 0.15) is 0 Å². The van der Waals surface area contributed by atoms with Gasteiger partial charge in [-0.1, -0.05) is 42.9 Å². The molecule has 1 aromatic heterocycles. The Kier molecular flexibility index (Phi) is 4.84. The van der Waals surface area contributed by atoms with Gasteiger partial charge < -0.3 is 0 Å². The number of hydrogen-bond donors (Lipinski definition) is 0. The standard InChI is InChI=1S/C17H20S/c1-3-4-5-15-7-9-16(10-8-15)11-13-17-12-6-14(2)18-17/h6-7,9,12H,3-5,8,10H2,1-2H3. The molecule has 18 heavy (non-hydrogen) atoms. The van der Waals surface area contributed by atoms with Gasteiger partial charge in [-0.2, -0.15) is 0 Å². The molecule has 0 aromatic carbocycles. The molecule has 0 nitrogen and oxygen atoms in total. The van der Waals surface area contributed by atoms with Gasteiger partial charge >= 0.3 is 0 Å². The molecule has 0 atom stereocenters. The molecular formula is C17H20S. The van der Waals surface area contributed by atoms with Gasteiger partial charge in [0, 0.05) is 10.5 Å². The lowest BCUT2D eigenvalue weighted by molar-refractivity contribution is 0.746. The van der Waals surface area contributed by atoms with Crippen molar-refractivity contribution in [1.82, 2.24) is 0 Å². The van der Waals surface area contributed by atoms with Crippen molar-refractivity contribution in [2.75, 3.05) is 0 Å². The largest absolute Gasteiger partial charge is 0.132 e. The predicted molar refractivity (Wildman–Crippen MR) is 80.9 cm³/mol. The Labute approximate surface area is 114 Å². The van der Waals surface area contributed by atoms with Gasteiger partial charge in [-0.3, -0.25) is 0 Å². The third-order valence-electron chi connectivity index (χ3n) is 3.17. The summed E-state index contributed by atoms with van der Waals surface area (Å²) >= 11 is 1.77. The van der Waals surface area contributed by atoms with Gasteiger partial charge in [0.2, 0.25) is 0 Å². The summed E-state index contributed by atoms with van der Waals surface area (Å²) in [5.74, 6) is 6.57. The maximum absolute atomic E-state index is 3.30. The molecule has 94 valence electrons. The maximum Gasteiger partial charge on any atom is 0.0774 e. The van der Waals surface area contributed by atoms with Crippen LogP contribution in [0.25, 0.3) is 0 Å². The van der Waals surface area contributed by atoms with Crippen LogP contribution in [0.3, 0.4) is 0 Å². The Bertz CT molecular complexity index is 517. The second-order valence-corrected chi connectivity index (χ2v) is 6.07. The Morgan fingerprint density at radius 2 is 2.06 bits per heavy atom. The van der Waals surface area contributed by atoms with E-state index in [0.29, 0.717) is 0 Å². The van der Waals surface area contributed by atoms with Crippen LogP contribution in [-0.2, 0) is 0 Å². The molecule has 0 bridgehead atoms. The molecule has 0 aliphatic heterocycles. The fourth-order valence-electron chi connectivity index (χ4n) is 2.04. The van der Waals surface area contributed by atoms with Gasteiger partial charge in [0.05, 0.1) is 4.88 Å².